The first-order chi connectivity index (χ1) is 7.91. The Hall–Kier alpha value is -1.89. The number of Topliss-reactive ketones (excluding diaryl/α,β-unsaturated/α-hetero) is 1. The highest BCUT2D eigenvalue weighted by Crippen LogP contribution is 2.14. The van der Waals surface area contributed by atoms with Crippen LogP contribution in [0.4, 0.5) is 13.2 Å². The van der Waals surface area contributed by atoms with Crippen molar-refractivity contribution in [2.45, 2.75) is 0 Å². The van der Waals surface area contributed by atoms with Crippen molar-refractivity contribution >= 4 is 11.8 Å². The van der Waals surface area contributed by atoms with Crippen molar-refractivity contribution < 1.29 is 32.6 Å². The Bertz CT molecular complexity index is 459. The molecule has 0 heterocycles. The number of hydrogen-bond acceptors (Lipinski definition) is 3. The second-order valence-electron chi connectivity index (χ2n) is 3.06. The second kappa shape index (κ2) is 5.44. The van der Waals surface area contributed by atoms with Crippen molar-refractivity contribution in [3.05, 3.63) is 35.1 Å². The van der Waals surface area contributed by atoms with Gasteiger partial charge in [-0.05, 0) is 6.07 Å². The van der Waals surface area contributed by atoms with Gasteiger partial charge in [0.25, 0.3) is 0 Å². The molecule has 0 spiro atoms. The molecular formula is C10H7F3O4. The molecule has 1 aromatic carbocycles. The minimum atomic E-state index is -1.41. The summed E-state index contributed by atoms with van der Waals surface area (Å²) in [5, 5.41) is 8.21. The molecule has 7 heteroatoms. The minimum Gasteiger partial charge on any atom is -0.480 e. The second-order valence-corrected chi connectivity index (χ2v) is 3.06. The monoisotopic (exact) mass is 248 g/mol. The summed E-state index contributed by atoms with van der Waals surface area (Å²) >= 11 is 0. The van der Waals surface area contributed by atoms with E-state index >= 15 is 0 Å². The van der Waals surface area contributed by atoms with E-state index in [1.165, 1.54) is 0 Å². The predicted octanol–water partition coefficient (Wildman–Crippen LogP) is 1.39. The van der Waals surface area contributed by atoms with Crippen LogP contribution in [0.1, 0.15) is 10.4 Å². The fraction of sp³-hybridized carbons (Fsp3) is 0.200. The van der Waals surface area contributed by atoms with Crippen molar-refractivity contribution in [1.29, 1.82) is 0 Å². The molecule has 0 aliphatic rings. The van der Waals surface area contributed by atoms with Crippen molar-refractivity contribution in [1.82, 2.24) is 0 Å². The zero-order valence-electron chi connectivity index (χ0n) is 8.37. The number of ether oxygens (including phenoxy) is 1. The number of carboxylic acids is 1. The fourth-order valence-electron chi connectivity index (χ4n) is 1.05. The van der Waals surface area contributed by atoms with Crippen LogP contribution < -0.4 is 0 Å². The summed E-state index contributed by atoms with van der Waals surface area (Å²) < 4.78 is 42.8. The number of ketones is 1. The van der Waals surface area contributed by atoms with E-state index in [2.05, 4.69) is 4.74 Å². The van der Waals surface area contributed by atoms with Crippen LogP contribution in [0.25, 0.3) is 0 Å². The lowest BCUT2D eigenvalue weighted by atomic mass is 10.1. The van der Waals surface area contributed by atoms with E-state index in [4.69, 9.17) is 5.11 Å². The lowest BCUT2D eigenvalue weighted by molar-refractivity contribution is -0.141. The fourth-order valence-corrected chi connectivity index (χ4v) is 1.05. The van der Waals surface area contributed by atoms with Crippen LogP contribution >= 0.6 is 0 Å². The van der Waals surface area contributed by atoms with Gasteiger partial charge in [0.05, 0.1) is 5.56 Å². The normalized spacial score (nSPS) is 10.3. The van der Waals surface area contributed by atoms with Gasteiger partial charge in [0.15, 0.2) is 17.4 Å². The highest BCUT2D eigenvalue weighted by atomic mass is 19.2. The number of halogens is 3. The van der Waals surface area contributed by atoms with E-state index in [-0.39, 0.29) is 6.07 Å². The standard InChI is InChI=1S/C10H7F3O4/c11-6-2-8(13)7(12)1-5(6)9(14)3-17-4-10(15)16/h1-2H,3-4H2,(H,15,16). The summed E-state index contributed by atoms with van der Waals surface area (Å²) in [6.07, 6.45) is 0. The minimum absolute atomic E-state index is 0.236. The molecule has 0 aliphatic carbocycles. The molecule has 17 heavy (non-hydrogen) atoms. The predicted molar refractivity (Wildman–Crippen MR) is 49.1 cm³/mol. The number of hydrogen-bond donors (Lipinski definition) is 1. The van der Waals surface area contributed by atoms with Crippen LogP contribution in [-0.2, 0) is 9.53 Å². The van der Waals surface area contributed by atoms with Crippen molar-refractivity contribution in [2.75, 3.05) is 13.2 Å². The average molecular weight is 248 g/mol. The maximum absolute atomic E-state index is 13.1. The van der Waals surface area contributed by atoms with E-state index < -0.39 is 48.0 Å². The van der Waals surface area contributed by atoms with Gasteiger partial charge in [-0.25, -0.2) is 18.0 Å². The highest BCUT2D eigenvalue weighted by molar-refractivity contribution is 5.97. The lowest BCUT2D eigenvalue weighted by Gasteiger charge is -2.03. The molecule has 92 valence electrons. The van der Waals surface area contributed by atoms with Gasteiger partial charge in [-0.3, -0.25) is 4.79 Å². The van der Waals surface area contributed by atoms with Gasteiger partial charge in [0, 0.05) is 6.07 Å². The Balaban J connectivity index is 2.75. The van der Waals surface area contributed by atoms with Gasteiger partial charge in [-0.15, -0.1) is 0 Å². The van der Waals surface area contributed by atoms with Crippen molar-refractivity contribution in [3.8, 4) is 0 Å². The lowest BCUT2D eigenvalue weighted by Crippen LogP contribution is -2.16. The van der Waals surface area contributed by atoms with Gasteiger partial charge in [-0.1, -0.05) is 0 Å². The first-order valence-corrected chi connectivity index (χ1v) is 4.39. The van der Waals surface area contributed by atoms with Crippen LogP contribution in [0, 0.1) is 17.5 Å². The largest absolute Gasteiger partial charge is 0.480 e. The van der Waals surface area contributed by atoms with Gasteiger partial charge in [-0.2, -0.15) is 0 Å². The highest BCUT2D eigenvalue weighted by Gasteiger charge is 2.16. The molecule has 4 nitrogen and oxygen atoms in total. The molecule has 0 fully saturated rings. The third-order valence-corrected chi connectivity index (χ3v) is 1.77. The Labute approximate surface area is 93.6 Å². The summed E-state index contributed by atoms with van der Waals surface area (Å²) in [6, 6.07) is 0.636. The first kappa shape index (κ1) is 13.2. The Kier molecular flexibility index (Phi) is 4.22. The average Bonchev–Trinajstić information content (AvgIpc) is 2.22. The van der Waals surface area contributed by atoms with E-state index in [0.29, 0.717) is 6.07 Å². The van der Waals surface area contributed by atoms with Crippen molar-refractivity contribution in [2.24, 2.45) is 0 Å². The van der Waals surface area contributed by atoms with E-state index in [0.717, 1.165) is 0 Å². The van der Waals surface area contributed by atoms with E-state index in [1.54, 1.807) is 0 Å². The van der Waals surface area contributed by atoms with Gasteiger partial charge < -0.3 is 9.84 Å². The summed E-state index contributed by atoms with van der Waals surface area (Å²) in [4.78, 5) is 21.3. The number of aliphatic carboxylic acids is 1. The number of carboxylic acid groups (broad SMARTS) is 1. The van der Waals surface area contributed by atoms with Crippen LogP contribution in [-0.4, -0.2) is 30.1 Å². The third kappa shape index (κ3) is 3.56. The smallest absolute Gasteiger partial charge is 0.329 e. The molecule has 0 radical (unpaired) electrons. The molecule has 0 saturated heterocycles. The van der Waals surface area contributed by atoms with Gasteiger partial charge >= 0.3 is 5.97 Å². The van der Waals surface area contributed by atoms with Crippen LogP contribution in [0.3, 0.4) is 0 Å². The van der Waals surface area contributed by atoms with Crippen LogP contribution in [0.15, 0.2) is 12.1 Å². The molecule has 0 aromatic heterocycles. The summed E-state index contributed by atoms with van der Waals surface area (Å²) in [6.45, 7) is -1.47. The summed E-state index contributed by atoms with van der Waals surface area (Å²) in [5.41, 5.74) is -0.686. The van der Waals surface area contributed by atoms with Crippen LogP contribution in [0.5, 0.6) is 0 Å². The molecule has 0 amide bonds. The Morgan fingerprint density at radius 3 is 2.24 bits per heavy atom. The summed E-state index contributed by atoms with van der Waals surface area (Å²) in [7, 11) is 0. The maximum atomic E-state index is 13.1. The molecule has 1 N–H and O–H groups in total. The number of rotatable bonds is 5. The molecule has 0 bridgehead atoms. The Morgan fingerprint density at radius 1 is 1.06 bits per heavy atom. The van der Waals surface area contributed by atoms with E-state index in [1.807, 2.05) is 0 Å². The SMILES string of the molecule is O=C(O)COCC(=O)c1cc(F)c(F)cc1F. The Morgan fingerprint density at radius 2 is 1.65 bits per heavy atom. The molecule has 1 rings (SSSR count). The first-order valence-electron chi connectivity index (χ1n) is 4.39. The molecule has 0 aliphatic heterocycles. The number of carbonyl (C=O) groups is 2. The molecule has 0 unspecified atom stereocenters. The topological polar surface area (TPSA) is 63.6 Å². The zero-order chi connectivity index (χ0) is 13.0. The molecule has 0 saturated carbocycles. The molecule has 0 atom stereocenters. The number of benzene rings is 1. The molecule has 1 aromatic rings. The molecular weight excluding hydrogens is 241 g/mol. The summed E-state index contributed by atoms with van der Waals surface area (Å²) in [5.74, 6) is -6.28. The van der Waals surface area contributed by atoms with Gasteiger partial charge in [0.2, 0.25) is 0 Å². The van der Waals surface area contributed by atoms with Gasteiger partial charge in [0.1, 0.15) is 19.0 Å². The quantitative estimate of drug-likeness (QED) is 0.631. The number of carbonyl (C=O) groups excluding carboxylic acids is 1. The van der Waals surface area contributed by atoms with Crippen LogP contribution in [0.2, 0.25) is 0 Å². The van der Waals surface area contributed by atoms with Crippen molar-refractivity contribution in [3.63, 3.8) is 0 Å². The van der Waals surface area contributed by atoms with E-state index in [9.17, 15) is 22.8 Å². The zero-order valence-corrected chi connectivity index (χ0v) is 8.37. The third-order valence-electron chi connectivity index (χ3n) is 1.77. The maximum Gasteiger partial charge on any atom is 0.329 e.